The number of rotatable bonds is 6. The first-order valence-electron chi connectivity index (χ1n) is 12.4. The Hall–Kier alpha value is -2.76. The van der Waals surface area contributed by atoms with E-state index < -0.39 is 39.7 Å². The zero-order valence-corrected chi connectivity index (χ0v) is 22.7. The van der Waals surface area contributed by atoms with E-state index in [1.54, 1.807) is 17.9 Å². The molecule has 2 heterocycles. The van der Waals surface area contributed by atoms with Crippen molar-refractivity contribution in [1.82, 2.24) is 14.1 Å². The number of benzene rings is 2. The molecule has 4 rings (SSSR count). The highest BCUT2D eigenvalue weighted by molar-refractivity contribution is 7.88. The van der Waals surface area contributed by atoms with Crippen molar-refractivity contribution in [3.63, 3.8) is 0 Å². The van der Waals surface area contributed by atoms with E-state index in [1.165, 1.54) is 45.6 Å². The molecule has 0 radical (unpaired) electrons. The smallest absolute Gasteiger partial charge is 0.410 e. The van der Waals surface area contributed by atoms with Crippen LogP contribution in [0, 0.1) is 17.6 Å². The normalized spacial score (nSPS) is 20.9. The first-order chi connectivity index (χ1) is 18.0. The number of nitrogens with zero attached hydrogens (tertiary/aromatic N) is 3. The molecule has 8 nitrogen and oxygen atoms in total. The molecule has 2 aliphatic rings. The Morgan fingerprint density at radius 3 is 2.32 bits per heavy atom. The van der Waals surface area contributed by atoms with Crippen LogP contribution in [-0.2, 0) is 14.8 Å². The number of carbonyl (C=O) groups excluding carboxylic acids is 2. The lowest BCUT2D eigenvalue weighted by atomic mass is 9.93. The second-order valence-corrected chi connectivity index (χ2v) is 12.0. The Bertz CT molecular complexity index is 1290. The Kier molecular flexibility index (Phi) is 8.59. The zero-order chi connectivity index (χ0) is 27.6. The maximum atomic E-state index is 14.4. The number of amides is 2. The summed E-state index contributed by atoms with van der Waals surface area (Å²) in [7, 11) is -3.32. The molecule has 0 saturated carbocycles. The molecule has 0 bridgehead atoms. The van der Waals surface area contributed by atoms with Crippen LogP contribution in [0.15, 0.2) is 42.5 Å². The van der Waals surface area contributed by atoms with E-state index >= 15 is 0 Å². The maximum Gasteiger partial charge on any atom is 0.415 e. The lowest BCUT2D eigenvalue weighted by Gasteiger charge is -2.32. The summed E-state index contributed by atoms with van der Waals surface area (Å²) in [5.41, 5.74) is 0.590. The van der Waals surface area contributed by atoms with Crippen molar-refractivity contribution in [3.8, 4) is 5.75 Å². The summed E-state index contributed by atoms with van der Waals surface area (Å²) in [6.07, 6.45) is 1.29. The van der Waals surface area contributed by atoms with Gasteiger partial charge in [0.15, 0.2) is 0 Å². The number of hydrogen-bond donors (Lipinski definition) is 0. The van der Waals surface area contributed by atoms with E-state index in [1.807, 2.05) is 0 Å². The largest absolute Gasteiger partial charge is 0.415 e. The van der Waals surface area contributed by atoms with Gasteiger partial charge in [-0.1, -0.05) is 17.7 Å². The van der Waals surface area contributed by atoms with Gasteiger partial charge in [0, 0.05) is 44.6 Å². The molecule has 2 amide bonds. The Labute approximate surface area is 226 Å². The van der Waals surface area contributed by atoms with Gasteiger partial charge in [0.25, 0.3) is 0 Å². The van der Waals surface area contributed by atoms with Crippen molar-refractivity contribution in [2.45, 2.75) is 31.7 Å². The Morgan fingerprint density at radius 2 is 1.74 bits per heavy atom. The number of likely N-dealkylation sites (tertiary alicyclic amines) is 1. The molecule has 2 unspecified atom stereocenters. The molecule has 206 valence electrons. The minimum Gasteiger partial charge on any atom is -0.410 e. The third-order valence-electron chi connectivity index (χ3n) is 7.24. The predicted octanol–water partition coefficient (Wildman–Crippen LogP) is 4.11. The zero-order valence-electron chi connectivity index (χ0n) is 21.1. The van der Waals surface area contributed by atoms with Crippen molar-refractivity contribution in [2.24, 2.45) is 5.92 Å². The molecule has 2 saturated heterocycles. The first-order valence-corrected chi connectivity index (χ1v) is 14.6. The van der Waals surface area contributed by atoms with Gasteiger partial charge in [0.05, 0.1) is 17.3 Å². The van der Waals surface area contributed by atoms with Crippen LogP contribution in [0.2, 0.25) is 5.02 Å². The molecule has 12 heteroatoms. The number of likely N-dealkylation sites (N-methyl/N-ethyl adjacent to an activating group) is 1. The monoisotopic (exact) mass is 569 g/mol. The molecule has 0 aliphatic carbocycles. The summed E-state index contributed by atoms with van der Waals surface area (Å²) >= 11 is 5.89. The quantitative estimate of drug-likeness (QED) is 0.523. The standard InChI is InChI=1S/C26H30ClF2N3O5S/c1-3-32(26(34)37-20-7-5-19(28)6-8-20)24-16-30(15-21(24)18-4-9-22(27)23(29)14-18)25(33)17-10-12-31(13-11-17)38(2,35)36/h4-9,14,17,21,24H,3,10-13,15-16H2,1-2H3. The molecular formula is C26H30ClF2N3O5S. The molecule has 0 aromatic heterocycles. The van der Waals surface area contributed by atoms with Crippen molar-refractivity contribution in [2.75, 3.05) is 39.0 Å². The average Bonchev–Trinajstić information content (AvgIpc) is 3.31. The van der Waals surface area contributed by atoms with E-state index in [9.17, 15) is 26.8 Å². The summed E-state index contributed by atoms with van der Waals surface area (Å²) in [5.74, 6) is -1.78. The number of hydrogen-bond acceptors (Lipinski definition) is 5. The fraction of sp³-hybridized carbons (Fsp3) is 0.462. The molecule has 2 aromatic rings. The van der Waals surface area contributed by atoms with Crippen LogP contribution in [0.1, 0.15) is 31.2 Å². The predicted molar refractivity (Wildman–Crippen MR) is 138 cm³/mol. The van der Waals surface area contributed by atoms with E-state index in [-0.39, 0.29) is 55.3 Å². The highest BCUT2D eigenvalue weighted by atomic mass is 35.5. The second kappa shape index (κ2) is 11.5. The number of halogens is 3. The summed E-state index contributed by atoms with van der Waals surface area (Å²) < 4.78 is 58.2. The van der Waals surface area contributed by atoms with Crippen LogP contribution in [-0.4, -0.2) is 79.5 Å². The van der Waals surface area contributed by atoms with Crippen LogP contribution in [0.25, 0.3) is 0 Å². The molecule has 38 heavy (non-hydrogen) atoms. The third kappa shape index (κ3) is 6.27. The van der Waals surface area contributed by atoms with E-state index in [0.29, 0.717) is 18.4 Å². The molecule has 0 spiro atoms. The van der Waals surface area contributed by atoms with Crippen LogP contribution >= 0.6 is 11.6 Å². The van der Waals surface area contributed by atoms with E-state index in [2.05, 4.69) is 0 Å². The van der Waals surface area contributed by atoms with Crippen LogP contribution in [0.3, 0.4) is 0 Å². The van der Waals surface area contributed by atoms with Gasteiger partial charge in [-0.25, -0.2) is 26.3 Å². The van der Waals surface area contributed by atoms with Crippen LogP contribution in [0.5, 0.6) is 5.75 Å². The Balaban J connectivity index is 1.56. The summed E-state index contributed by atoms with van der Waals surface area (Å²) in [4.78, 5) is 29.8. The number of piperidine rings is 1. The number of carbonyl (C=O) groups is 2. The molecule has 2 fully saturated rings. The second-order valence-electron chi connectivity index (χ2n) is 9.63. The maximum absolute atomic E-state index is 14.4. The van der Waals surface area contributed by atoms with E-state index in [0.717, 1.165) is 6.26 Å². The van der Waals surface area contributed by atoms with Gasteiger partial charge in [0.2, 0.25) is 15.9 Å². The average molecular weight is 570 g/mol. The van der Waals surface area contributed by atoms with Crippen molar-refractivity contribution < 1.29 is 31.5 Å². The molecular weight excluding hydrogens is 540 g/mol. The number of sulfonamides is 1. The Morgan fingerprint density at radius 1 is 1.08 bits per heavy atom. The lowest BCUT2D eigenvalue weighted by Crippen LogP contribution is -2.47. The SMILES string of the molecule is CCN(C(=O)Oc1ccc(F)cc1)C1CN(C(=O)C2CCN(S(C)(=O)=O)CC2)CC1c1ccc(Cl)c(F)c1. The molecule has 2 aromatic carbocycles. The summed E-state index contributed by atoms with van der Waals surface area (Å²) in [6.45, 7) is 3.01. The first kappa shape index (κ1) is 28.3. The summed E-state index contributed by atoms with van der Waals surface area (Å²) in [6, 6.07) is 8.99. The fourth-order valence-electron chi connectivity index (χ4n) is 5.21. The minimum atomic E-state index is -3.32. The van der Waals surface area contributed by atoms with Gasteiger partial charge in [-0.2, -0.15) is 0 Å². The highest BCUT2D eigenvalue weighted by Crippen LogP contribution is 2.35. The topological polar surface area (TPSA) is 87.2 Å². The van der Waals surface area contributed by atoms with Crippen molar-refractivity contribution in [3.05, 3.63) is 64.7 Å². The minimum absolute atomic E-state index is 0.0306. The van der Waals surface area contributed by atoms with Gasteiger partial charge < -0.3 is 14.5 Å². The van der Waals surface area contributed by atoms with Gasteiger partial charge in [-0.3, -0.25) is 4.79 Å². The molecule has 0 N–H and O–H groups in total. The van der Waals surface area contributed by atoms with Gasteiger partial charge in [-0.05, 0) is 61.7 Å². The van der Waals surface area contributed by atoms with Crippen LogP contribution in [0.4, 0.5) is 13.6 Å². The highest BCUT2D eigenvalue weighted by Gasteiger charge is 2.43. The molecule has 2 atom stereocenters. The summed E-state index contributed by atoms with van der Waals surface area (Å²) in [5, 5.41) is -0.0306. The van der Waals surface area contributed by atoms with Gasteiger partial charge in [0.1, 0.15) is 17.4 Å². The molecule has 2 aliphatic heterocycles. The van der Waals surface area contributed by atoms with E-state index in [4.69, 9.17) is 16.3 Å². The fourth-order valence-corrected chi connectivity index (χ4v) is 6.20. The van der Waals surface area contributed by atoms with Crippen LogP contribution < -0.4 is 4.74 Å². The van der Waals surface area contributed by atoms with Gasteiger partial charge >= 0.3 is 6.09 Å². The lowest BCUT2D eigenvalue weighted by molar-refractivity contribution is -0.135. The van der Waals surface area contributed by atoms with Gasteiger partial charge in [-0.15, -0.1) is 0 Å². The van der Waals surface area contributed by atoms with Crippen molar-refractivity contribution >= 4 is 33.6 Å². The van der Waals surface area contributed by atoms with Crippen molar-refractivity contribution in [1.29, 1.82) is 0 Å². The number of ether oxygens (including phenoxy) is 1. The third-order valence-corrected chi connectivity index (χ3v) is 8.85.